The Balaban J connectivity index is 0.00000288. The number of nitrogens with one attached hydrogen (secondary N) is 1. The zero-order valence-electron chi connectivity index (χ0n) is 14.7. The van der Waals surface area contributed by atoms with Crippen LogP contribution in [0.5, 0.6) is 5.75 Å². The van der Waals surface area contributed by atoms with E-state index in [0.29, 0.717) is 17.9 Å². The SMILES string of the molecule is COc1ccc([C@@H](CC(C)C)N2CCNCC2)c(C(F)(F)F)c1.Cl.Cl. The highest BCUT2D eigenvalue weighted by Crippen LogP contribution is 2.40. The smallest absolute Gasteiger partial charge is 0.416 e. The van der Waals surface area contributed by atoms with Crippen LogP contribution in [0.2, 0.25) is 0 Å². The van der Waals surface area contributed by atoms with E-state index in [1.807, 2.05) is 13.8 Å². The molecule has 3 nitrogen and oxygen atoms in total. The van der Waals surface area contributed by atoms with Gasteiger partial charge in [0.25, 0.3) is 0 Å². The van der Waals surface area contributed by atoms with Gasteiger partial charge in [-0.1, -0.05) is 19.9 Å². The fourth-order valence-corrected chi connectivity index (χ4v) is 3.11. The molecular weight excluding hydrogens is 376 g/mol. The summed E-state index contributed by atoms with van der Waals surface area (Å²) in [5.74, 6) is 0.558. The van der Waals surface area contributed by atoms with Crippen molar-refractivity contribution < 1.29 is 17.9 Å². The molecule has 1 heterocycles. The molecule has 1 aliphatic heterocycles. The van der Waals surface area contributed by atoms with E-state index in [0.717, 1.165) is 32.2 Å². The fraction of sp³-hybridized carbons (Fsp3) is 0.647. The number of piperazine rings is 1. The van der Waals surface area contributed by atoms with Gasteiger partial charge in [-0.3, -0.25) is 4.90 Å². The number of methoxy groups -OCH3 is 1. The average Bonchev–Trinajstić information content (AvgIpc) is 2.52. The van der Waals surface area contributed by atoms with Gasteiger partial charge in [-0.25, -0.2) is 0 Å². The van der Waals surface area contributed by atoms with Gasteiger partial charge in [-0.2, -0.15) is 13.2 Å². The third-order valence-electron chi connectivity index (χ3n) is 4.21. The van der Waals surface area contributed by atoms with Gasteiger partial charge >= 0.3 is 6.18 Å². The second kappa shape index (κ2) is 10.5. The Morgan fingerprint density at radius 1 is 1.16 bits per heavy atom. The maximum Gasteiger partial charge on any atom is 0.416 e. The van der Waals surface area contributed by atoms with E-state index in [4.69, 9.17) is 4.74 Å². The molecule has 25 heavy (non-hydrogen) atoms. The first-order chi connectivity index (χ1) is 10.8. The molecule has 0 spiro atoms. The van der Waals surface area contributed by atoms with Crippen molar-refractivity contribution in [3.8, 4) is 5.75 Å². The van der Waals surface area contributed by atoms with E-state index in [9.17, 15) is 13.2 Å². The summed E-state index contributed by atoms with van der Waals surface area (Å²) < 4.78 is 45.6. The summed E-state index contributed by atoms with van der Waals surface area (Å²) in [6.07, 6.45) is -3.68. The summed E-state index contributed by atoms with van der Waals surface area (Å²) in [5.41, 5.74) is -0.227. The van der Waals surface area contributed by atoms with Crippen molar-refractivity contribution >= 4 is 24.8 Å². The van der Waals surface area contributed by atoms with Crippen LogP contribution in [0.3, 0.4) is 0 Å². The lowest BCUT2D eigenvalue weighted by Gasteiger charge is -2.37. The molecule has 0 amide bonds. The highest BCUT2D eigenvalue weighted by Gasteiger charge is 2.37. The van der Waals surface area contributed by atoms with Crippen LogP contribution in [0.4, 0.5) is 13.2 Å². The van der Waals surface area contributed by atoms with Gasteiger partial charge in [0.2, 0.25) is 0 Å². The minimum atomic E-state index is -4.38. The average molecular weight is 403 g/mol. The van der Waals surface area contributed by atoms with Crippen molar-refractivity contribution in [3.05, 3.63) is 29.3 Å². The van der Waals surface area contributed by atoms with E-state index >= 15 is 0 Å². The number of benzene rings is 1. The molecule has 1 aromatic rings. The molecule has 0 unspecified atom stereocenters. The fourth-order valence-electron chi connectivity index (χ4n) is 3.11. The molecule has 0 aliphatic carbocycles. The number of ether oxygens (including phenoxy) is 1. The van der Waals surface area contributed by atoms with Crippen LogP contribution in [0, 0.1) is 5.92 Å². The number of nitrogens with zero attached hydrogens (tertiary/aromatic N) is 1. The normalized spacial score (nSPS) is 16.8. The highest BCUT2D eigenvalue weighted by molar-refractivity contribution is 5.85. The van der Waals surface area contributed by atoms with Gasteiger partial charge in [-0.05, 0) is 30.0 Å². The molecule has 1 atom stereocenters. The minimum Gasteiger partial charge on any atom is -0.497 e. The Bertz CT molecular complexity index is 521. The first kappa shape index (κ1) is 24.3. The summed E-state index contributed by atoms with van der Waals surface area (Å²) in [6, 6.07) is 4.10. The molecule has 0 saturated carbocycles. The highest BCUT2D eigenvalue weighted by atomic mass is 35.5. The molecule has 0 radical (unpaired) electrons. The summed E-state index contributed by atoms with van der Waals surface area (Å²) in [7, 11) is 1.39. The minimum absolute atomic E-state index is 0. The molecular formula is C17H27Cl2F3N2O. The first-order valence-electron chi connectivity index (χ1n) is 8.02. The Morgan fingerprint density at radius 2 is 1.76 bits per heavy atom. The predicted molar refractivity (Wildman–Crippen MR) is 99.1 cm³/mol. The molecule has 1 fully saturated rings. The Morgan fingerprint density at radius 3 is 2.24 bits per heavy atom. The van der Waals surface area contributed by atoms with E-state index < -0.39 is 11.7 Å². The topological polar surface area (TPSA) is 24.5 Å². The van der Waals surface area contributed by atoms with Crippen molar-refractivity contribution in [2.24, 2.45) is 5.92 Å². The van der Waals surface area contributed by atoms with Crippen molar-refractivity contribution in [2.45, 2.75) is 32.5 Å². The quantitative estimate of drug-likeness (QED) is 0.781. The van der Waals surface area contributed by atoms with Crippen LogP contribution < -0.4 is 10.1 Å². The lowest BCUT2D eigenvalue weighted by atomic mass is 9.91. The van der Waals surface area contributed by atoms with Crippen molar-refractivity contribution in [3.63, 3.8) is 0 Å². The van der Waals surface area contributed by atoms with Crippen LogP contribution >= 0.6 is 24.8 Å². The Kier molecular flexibility index (Phi) is 10.2. The van der Waals surface area contributed by atoms with Crippen LogP contribution in [0.25, 0.3) is 0 Å². The van der Waals surface area contributed by atoms with Crippen molar-refractivity contribution in [1.82, 2.24) is 10.2 Å². The lowest BCUT2D eigenvalue weighted by molar-refractivity contribution is -0.139. The largest absolute Gasteiger partial charge is 0.497 e. The van der Waals surface area contributed by atoms with Gasteiger partial charge in [0.15, 0.2) is 0 Å². The lowest BCUT2D eigenvalue weighted by Crippen LogP contribution is -2.45. The maximum absolute atomic E-state index is 13.5. The third-order valence-corrected chi connectivity index (χ3v) is 4.21. The maximum atomic E-state index is 13.5. The molecule has 1 saturated heterocycles. The van der Waals surface area contributed by atoms with E-state index in [-0.39, 0.29) is 36.6 Å². The number of hydrogen-bond donors (Lipinski definition) is 1. The summed E-state index contributed by atoms with van der Waals surface area (Å²) >= 11 is 0. The van der Waals surface area contributed by atoms with Crippen molar-refractivity contribution in [1.29, 1.82) is 0 Å². The number of rotatable bonds is 5. The van der Waals surface area contributed by atoms with Gasteiger partial charge in [-0.15, -0.1) is 24.8 Å². The molecule has 0 aromatic heterocycles. The second-order valence-electron chi connectivity index (χ2n) is 6.38. The zero-order chi connectivity index (χ0) is 17.0. The molecule has 146 valence electrons. The summed E-state index contributed by atoms with van der Waals surface area (Å²) in [5, 5.41) is 3.25. The molecule has 8 heteroatoms. The zero-order valence-corrected chi connectivity index (χ0v) is 16.4. The van der Waals surface area contributed by atoms with Gasteiger partial charge < -0.3 is 10.1 Å². The molecule has 1 aliphatic rings. The van der Waals surface area contributed by atoms with Crippen LogP contribution in [0.15, 0.2) is 18.2 Å². The number of alkyl halides is 3. The molecule has 2 rings (SSSR count). The van der Waals surface area contributed by atoms with Crippen LogP contribution in [-0.2, 0) is 6.18 Å². The van der Waals surface area contributed by atoms with Crippen LogP contribution in [0.1, 0.15) is 37.4 Å². The Labute approximate surface area is 160 Å². The van der Waals surface area contributed by atoms with Gasteiger partial charge in [0, 0.05) is 32.2 Å². The predicted octanol–water partition coefficient (Wildman–Crippen LogP) is 4.55. The van der Waals surface area contributed by atoms with Gasteiger partial charge in [0.1, 0.15) is 5.75 Å². The molecule has 1 aromatic carbocycles. The third kappa shape index (κ3) is 6.51. The monoisotopic (exact) mass is 402 g/mol. The standard InChI is InChI=1S/C17H25F3N2O.2ClH/c1-12(2)10-16(22-8-6-21-7-9-22)14-5-4-13(23-3)11-15(14)17(18,19)20;;/h4-5,11-12,16,21H,6-10H2,1-3H3;2*1H/t16-;;/m1../s1. The van der Waals surface area contributed by atoms with Crippen molar-refractivity contribution in [2.75, 3.05) is 33.3 Å². The van der Waals surface area contributed by atoms with E-state index in [1.165, 1.54) is 7.11 Å². The van der Waals surface area contributed by atoms with E-state index in [2.05, 4.69) is 10.2 Å². The Hall–Kier alpha value is -0.690. The van der Waals surface area contributed by atoms with Gasteiger partial charge in [0.05, 0.1) is 12.7 Å². The number of halogens is 5. The summed E-state index contributed by atoms with van der Waals surface area (Å²) in [4.78, 5) is 2.16. The first-order valence-corrected chi connectivity index (χ1v) is 8.02. The molecule has 0 bridgehead atoms. The number of hydrogen-bond acceptors (Lipinski definition) is 3. The van der Waals surface area contributed by atoms with E-state index in [1.54, 1.807) is 12.1 Å². The molecule has 1 N–H and O–H groups in total. The van der Waals surface area contributed by atoms with Crippen LogP contribution in [-0.4, -0.2) is 38.2 Å². The summed E-state index contributed by atoms with van der Waals surface area (Å²) in [6.45, 7) is 7.25. The second-order valence-corrected chi connectivity index (χ2v) is 6.38.